The van der Waals surface area contributed by atoms with E-state index in [2.05, 4.69) is 16.0 Å². The molecule has 0 spiro atoms. The van der Waals surface area contributed by atoms with Gasteiger partial charge in [-0.15, -0.1) is 0 Å². The molecule has 0 aliphatic carbocycles. The molecule has 0 aromatic heterocycles. The predicted octanol–water partition coefficient (Wildman–Crippen LogP) is 3.45. The minimum absolute atomic E-state index is 0.0403. The molecule has 2 aromatic rings. The number of oxime groups is 1. The van der Waals surface area contributed by atoms with Crippen molar-refractivity contribution in [2.75, 3.05) is 6.54 Å². The molecule has 3 rings (SSSR count). The van der Waals surface area contributed by atoms with Crippen LogP contribution < -0.4 is 10.9 Å². The molecule has 1 heterocycles. The van der Waals surface area contributed by atoms with Crippen molar-refractivity contribution >= 4 is 17.8 Å². The molecule has 1 aliphatic rings. The van der Waals surface area contributed by atoms with Crippen LogP contribution in [0.25, 0.3) is 0 Å². The first kappa shape index (κ1) is 15.9. The highest BCUT2D eigenvalue weighted by molar-refractivity contribution is 6.30. The number of hydrogen-bond donors (Lipinski definition) is 2. The summed E-state index contributed by atoms with van der Waals surface area (Å²) in [4.78, 5) is 5.34. The summed E-state index contributed by atoms with van der Waals surface area (Å²) in [6.07, 6.45) is 1.77. The molecule has 6 heteroatoms. The second-order valence-electron chi connectivity index (χ2n) is 5.37. The van der Waals surface area contributed by atoms with Crippen molar-refractivity contribution in [3.63, 3.8) is 0 Å². The van der Waals surface area contributed by atoms with E-state index >= 15 is 0 Å². The van der Waals surface area contributed by atoms with Crippen molar-refractivity contribution < 1.29 is 9.23 Å². The minimum Gasteiger partial charge on any atom is -0.391 e. The zero-order chi connectivity index (χ0) is 16.1. The van der Waals surface area contributed by atoms with Crippen molar-refractivity contribution in [2.45, 2.75) is 12.6 Å². The van der Waals surface area contributed by atoms with Crippen molar-refractivity contribution in [3.8, 4) is 0 Å². The number of nitrogens with zero attached hydrogens (tertiary/aromatic N) is 1. The molecule has 2 aromatic carbocycles. The van der Waals surface area contributed by atoms with Crippen LogP contribution in [0, 0.1) is 11.7 Å². The van der Waals surface area contributed by atoms with Crippen LogP contribution in [0.3, 0.4) is 0 Å². The molecule has 2 N–H and O–H groups in total. The molecule has 2 unspecified atom stereocenters. The smallest absolute Gasteiger partial charge is 0.142 e. The van der Waals surface area contributed by atoms with E-state index in [0.29, 0.717) is 11.6 Å². The fourth-order valence-electron chi connectivity index (χ4n) is 2.46. The molecule has 0 bridgehead atoms. The molecule has 4 nitrogen and oxygen atoms in total. The summed E-state index contributed by atoms with van der Waals surface area (Å²) in [5.41, 5.74) is 8.28. The highest BCUT2D eigenvalue weighted by atomic mass is 35.5. The Labute approximate surface area is 139 Å². The Balaban J connectivity index is 1.55. The first-order valence-corrected chi connectivity index (χ1v) is 7.74. The van der Waals surface area contributed by atoms with E-state index in [1.54, 1.807) is 18.3 Å². The van der Waals surface area contributed by atoms with E-state index < -0.39 is 0 Å². The van der Waals surface area contributed by atoms with Gasteiger partial charge in [-0.3, -0.25) is 5.43 Å². The Morgan fingerprint density at radius 3 is 2.65 bits per heavy atom. The normalized spacial score (nSPS) is 21.0. The van der Waals surface area contributed by atoms with Crippen LogP contribution in [0.5, 0.6) is 0 Å². The Morgan fingerprint density at radius 1 is 1.17 bits per heavy atom. The van der Waals surface area contributed by atoms with Crippen LogP contribution in [0.4, 0.5) is 4.39 Å². The van der Waals surface area contributed by atoms with Crippen molar-refractivity contribution in [2.24, 2.45) is 11.1 Å². The molecule has 1 fully saturated rings. The third kappa shape index (κ3) is 4.28. The molecule has 2 atom stereocenters. The van der Waals surface area contributed by atoms with Gasteiger partial charge in [0, 0.05) is 17.5 Å². The number of rotatable bonds is 5. The monoisotopic (exact) mass is 333 g/mol. The maximum atomic E-state index is 13.0. The SMILES string of the molecule is Fc1ccc(C2NNCC2/C=N/OCc2ccc(Cl)cc2)cc1. The standard InChI is InChI=1S/C17H17ClFN3O/c18-15-5-1-12(2-6-15)11-23-21-10-14-9-20-22-17(14)13-3-7-16(19)8-4-13/h1-8,10,14,17,20,22H,9,11H2/b21-10+. The van der Waals surface area contributed by atoms with E-state index in [9.17, 15) is 4.39 Å². The average molecular weight is 334 g/mol. The minimum atomic E-state index is -0.240. The van der Waals surface area contributed by atoms with Gasteiger partial charge in [0.2, 0.25) is 0 Å². The quantitative estimate of drug-likeness (QED) is 0.651. The summed E-state index contributed by atoms with van der Waals surface area (Å²) in [5, 5.41) is 4.75. The fourth-order valence-corrected chi connectivity index (χ4v) is 2.59. The zero-order valence-electron chi connectivity index (χ0n) is 12.4. The van der Waals surface area contributed by atoms with Gasteiger partial charge in [-0.05, 0) is 35.4 Å². The molecular formula is C17H17ClFN3O. The van der Waals surface area contributed by atoms with E-state index in [0.717, 1.165) is 17.7 Å². The lowest BCUT2D eigenvalue weighted by atomic mass is 9.96. The topological polar surface area (TPSA) is 45.7 Å². The molecule has 0 saturated carbocycles. The van der Waals surface area contributed by atoms with Gasteiger partial charge in [0.05, 0.1) is 12.3 Å². The lowest BCUT2D eigenvalue weighted by molar-refractivity contribution is 0.130. The van der Waals surface area contributed by atoms with Crippen LogP contribution in [0.15, 0.2) is 53.7 Å². The van der Waals surface area contributed by atoms with E-state index in [1.165, 1.54) is 12.1 Å². The number of hydrogen-bond acceptors (Lipinski definition) is 4. The molecule has 1 aliphatic heterocycles. The van der Waals surface area contributed by atoms with Crippen molar-refractivity contribution in [1.29, 1.82) is 0 Å². The summed E-state index contributed by atoms with van der Waals surface area (Å²) in [6, 6.07) is 13.9. The zero-order valence-corrected chi connectivity index (χ0v) is 13.1. The fraction of sp³-hybridized carbons (Fsp3) is 0.235. The van der Waals surface area contributed by atoms with Crippen LogP contribution in [0.1, 0.15) is 17.2 Å². The van der Waals surface area contributed by atoms with Gasteiger partial charge in [0.15, 0.2) is 0 Å². The first-order chi connectivity index (χ1) is 11.2. The number of nitrogens with one attached hydrogen (secondary N) is 2. The first-order valence-electron chi connectivity index (χ1n) is 7.36. The maximum Gasteiger partial charge on any atom is 0.142 e. The van der Waals surface area contributed by atoms with Crippen molar-refractivity contribution in [3.05, 3.63) is 70.5 Å². The van der Waals surface area contributed by atoms with Gasteiger partial charge in [0.1, 0.15) is 12.4 Å². The summed E-state index contributed by atoms with van der Waals surface area (Å²) in [6.45, 7) is 1.12. The van der Waals surface area contributed by atoms with Gasteiger partial charge < -0.3 is 4.84 Å². The molecule has 0 amide bonds. The van der Waals surface area contributed by atoms with Crippen molar-refractivity contribution in [1.82, 2.24) is 10.9 Å². The van der Waals surface area contributed by atoms with E-state index in [-0.39, 0.29) is 17.8 Å². The largest absolute Gasteiger partial charge is 0.391 e. The third-order valence-electron chi connectivity index (χ3n) is 3.72. The summed E-state index contributed by atoms with van der Waals surface area (Å²) in [5.74, 6) is -0.109. The Kier molecular flexibility index (Phi) is 5.23. The van der Waals surface area contributed by atoms with Crippen LogP contribution in [0.2, 0.25) is 5.02 Å². The number of halogens is 2. The third-order valence-corrected chi connectivity index (χ3v) is 3.98. The second-order valence-corrected chi connectivity index (χ2v) is 5.81. The Morgan fingerprint density at radius 2 is 1.91 bits per heavy atom. The van der Waals surface area contributed by atoms with Gasteiger partial charge in [-0.25, -0.2) is 9.82 Å². The second kappa shape index (κ2) is 7.55. The highest BCUT2D eigenvalue weighted by Gasteiger charge is 2.26. The van der Waals surface area contributed by atoms with Crippen LogP contribution in [-0.2, 0) is 11.4 Å². The Hall–Kier alpha value is -1.95. The van der Waals surface area contributed by atoms with Crippen LogP contribution in [-0.4, -0.2) is 12.8 Å². The number of benzene rings is 2. The lowest BCUT2D eigenvalue weighted by Crippen LogP contribution is -2.25. The predicted molar refractivity (Wildman–Crippen MR) is 88.5 cm³/mol. The maximum absolute atomic E-state index is 13.0. The van der Waals surface area contributed by atoms with Gasteiger partial charge in [-0.2, -0.15) is 0 Å². The van der Waals surface area contributed by atoms with Gasteiger partial charge >= 0.3 is 0 Å². The van der Waals surface area contributed by atoms with Gasteiger partial charge in [-0.1, -0.05) is 41.0 Å². The van der Waals surface area contributed by atoms with Crippen LogP contribution >= 0.6 is 11.6 Å². The summed E-state index contributed by atoms with van der Waals surface area (Å²) < 4.78 is 13.0. The Bertz CT molecular complexity index is 661. The summed E-state index contributed by atoms with van der Waals surface area (Å²) in [7, 11) is 0. The molecule has 23 heavy (non-hydrogen) atoms. The highest BCUT2D eigenvalue weighted by Crippen LogP contribution is 2.23. The summed E-state index contributed by atoms with van der Waals surface area (Å²) >= 11 is 5.84. The van der Waals surface area contributed by atoms with E-state index in [4.69, 9.17) is 16.4 Å². The molecule has 0 radical (unpaired) electrons. The lowest BCUT2D eigenvalue weighted by Gasteiger charge is -2.14. The molecular weight excluding hydrogens is 317 g/mol. The van der Waals surface area contributed by atoms with Gasteiger partial charge in [0.25, 0.3) is 0 Å². The molecule has 1 saturated heterocycles. The molecule has 120 valence electrons. The number of hydrazine groups is 1. The van der Waals surface area contributed by atoms with E-state index in [1.807, 2.05) is 24.3 Å². The average Bonchev–Trinajstić information content (AvgIpc) is 3.02.